The summed E-state index contributed by atoms with van der Waals surface area (Å²) in [6.07, 6.45) is -2.47. The van der Waals surface area contributed by atoms with Gasteiger partial charge in [-0.05, 0) is 63.0 Å². The van der Waals surface area contributed by atoms with Crippen LogP contribution in [0.3, 0.4) is 0 Å². The fourth-order valence-corrected chi connectivity index (χ4v) is 8.36. The summed E-state index contributed by atoms with van der Waals surface area (Å²) in [5.74, 6) is -0.257. The van der Waals surface area contributed by atoms with E-state index in [-0.39, 0.29) is 12.4 Å². The predicted molar refractivity (Wildman–Crippen MR) is 220 cm³/mol. The molecule has 6 aromatic carbocycles. The zero-order chi connectivity index (χ0) is 37.9. The van der Waals surface area contributed by atoms with E-state index in [0.717, 1.165) is 38.1 Å². The zero-order valence-corrected chi connectivity index (χ0v) is 31.9. The van der Waals surface area contributed by atoms with Gasteiger partial charge in [0.1, 0.15) is 36.3 Å². The van der Waals surface area contributed by atoms with Gasteiger partial charge in [0.15, 0.2) is 0 Å². The smallest absolute Gasteiger partial charge is 0.126 e. The van der Waals surface area contributed by atoms with Crippen molar-refractivity contribution < 1.29 is 28.1 Å². The van der Waals surface area contributed by atoms with Crippen LogP contribution in [0.2, 0.25) is 0 Å². The normalized spacial score (nSPS) is 19.6. The fraction of sp³-hybridized carbons (Fsp3) is 0.224. The van der Waals surface area contributed by atoms with Crippen molar-refractivity contribution in [1.29, 1.82) is 0 Å². The Morgan fingerprint density at radius 2 is 1.04 bits per heavy atom. The SMILES string of the molecule is Fc1ccc(C2OC(COCc3ccccc3)C(OCc3ccccc3)C(OCc3ccccc3)C2OCc2ccccc2)cc1Cc1cc2ccccc2s1. The molecular weight excluding hydrogens is 720 g/mol. The van der Waals surface area contributed by atoms with Gasteiger partial charge in [0.2, 0.25) is 0 Å². The van der Waals surface area contributed by atoms with Crippen molar-refractivity contribution in [3.63, 3.8) is 0 Å². The molecule has 0 aliphatic carbocycles. The molecule has 0 amide bonds. The molecule has 1 fully saturated rings. The number of halogens is 1. The van der Waals surface area contributed by atoms with Crippen LogP contribution >= 0.6 is 11.3 Å². The van der Waals surface area contributed by atoms with Gasteiger partial charge in [-0.1, -0.05) is 146 Å². The predicted octanol–water partition coefficient (Wildman–Crippen LogP) is 11.0. The molecule has 56 heavy (non-hydrogen) atoms. The van der Waals surface area contributed by atoms with E-state index in [2.05, 4.69) is 30.3 Å². The van der Waals surface area contributed by atoms with Crippen LogP contribution in [0, 0.1) is 5.82 Å². The van der Waals surface area contributed by atoms with E-state index in [1.807, 2.05) is 133 Å². The monoisotopic (exact) mass is 764 g/mol. The van der Waals surface area contributed by atoms with Crippen LogP contribution in [-0.4, -0.2) is 31.0 Å². The third-order valence-corrected chi connectivity index (χ3v) is 11.2. The van der Waals surface area contributed by atoms with Crippen molar-refractivity contribution in [1.82, 2.24) is 0 Å². The van der Waals surface area contributed by atoms with Crippen molar-refractivity contribution >= 4 is 21.4 Å². The maximum absolute atomic E-state index is 15.7. The number of ether oxygens (including phenoxy) is 5. The second-order valence-corrected chi connectivity index (χ2v) is 15.3. The number of rotatable bonds is 16. The van der Waals surface area contributed by atoms with Gasteiger partial charge in [0, 0.05) is 16.0 Å². The molecule has 5 unspecified atom stereocenters. The maximum atomic E-state index is 15.7. The summed E-state index contributed by atoms with van der Waals surface area (Å²) in [6.45, 7) is 1.67. The molecule has 7 aromatic rings. The third kappa shape index (κ3) is 9.68. The highest BCUT2D eigenvalue weighted by Gasteiger charge is 2.49. The maximum Gasteiger partial charge on any atom is 0.126 e. The quantitative estimate of drug-likeness (QED) is 0.0981. The minimum atomic E-state index is -0.622. The molecule has 1 aromatic heterocycles. The van der Waals surface area contributed by atoms with Crippen molar-refractivity contribution in [3.05, 3.63) is 214 Å². The van der Waals surface area contributed by atoms with Gasteiger partial charge in [0.25, 0.3) is 0 Å². The number of hydrogen-bond donors (Lipinski definition) is 0. The van der Waals surface area contributed by atoms with E-state index in [0.29, 0.717) is 38.4 Å². The molecule has 0 radical (unpaired) electrons. The Morgan fingerprint density at radius 3 is 1.62 bits per heavy atom. The molecule has 5 atom stereocenters. The van der Waals surface area contributed by atoms with E-state index >= 15 is 4.39 Å². The summed E-state index contributed by atoms with van der Waals surface area (Å²) in [5, 5.41) is 1.16. The van der Waals surface area contributed by atoms with Gasteiger partial charge >= 0.3 is 0 Å². The number of benzene rings is 6. The van der Waals surface area contributed by atoms with Crippen molar-refractivity contribution in [2.45, 2.75) is 63.4 Å². The Labute approximate surface area is 332 Å². The van der Waals surface area contributed by atoms with Crippen molar-refractivity contribution in [2.75, 3.05) is 6.61 Å². The molecule has 0 spiro atoms. The molecule has 1 saturated heterocycles. The van der Waals surface area contributed by atoms with Gasteiger partial charge in [-0.2, -0.15) is 0 Å². The van der Waals surface area contributed by atoms with Gasteiger partial charge in [-0.15, -0.1) is 11.3 Å². The van der Waals surface area contributed by atoms with Crippen LogP contribution in [-0.2, 0) is 56.5 Å². The Morgan fingerprint density at radius 1 is 0.518 bits per heavy atom. The second-order valence-electron chi connectivity index (χ2n) is 14.2. The van der Waals surface area contributed by atoms with Crippen LogP contribution in [0.25, 0.3) is 10.1 Å². The molecule has 1 aliphatic heterocycles. The molecule has 5 nitrogen and oxygen atoms in total. The lowest BCUT2D eigenvalue weighted by Gasteiger charge is -2.46. The molecule has 284 valence electrons. The van der Waals surface area contributed by atoms with Crippen LogP contribution in [0.4, 0.5) is 4.39 Å². The molecule has 1 aliphatic rings. The summed E-state index contributed by atoms with van der Waals surface area (Å²) < 4.78 is 51.1. The molecule has 7 heteroatoms. The highest BCUT2D eigenvalue weighted by Crippen LogP contribution is 2.40. The van der Waals surface area contributed by atoms with Crippen LogP contribution in [0.1, 0.15) is 44.4 Å². The average molecular weight is 765 g/mol. The van der Waals surface area contributed by atoms with Crippen LogP contribution in [0.5, 0.6) is 0 Å². The second kappa shape index (κ2) is 18.8. The van der Waals surface area contributed by atoms with Crippen LogP contribution in [0.15, 0.2) is 170 Å². The van der Waals surface area contributed by atoms with Gasteiger partial charge in [-0.3, -0.25) is 0 Å². The first-order valence-electron chi connectivity index (χ1n) is 19.2. The minimum Gasteiger partial charge on any atom is -0.374 e. The summed E-state index contributed by atoms with van der Waals surface area (Å²) in [7, 11) is 0. The molecule has 2 heterocycles. The lowest BCUT2D eigenvalue weighted by Crippen LogP contribution is -2.58. The fourth-order valence-electron chi connectivity index (χ4n) is 7.28. The first-order chi connectivity index (χ1) is 27.7. The summed E-state index contributed by atoms with van der Waals surface area (Å²) in [6, 6.07) is 56.1. The van der Waals surface area contributed by atoms with Crippen molar-refractivity contribution in [2.24, 2.45) is 0 Å². The first-order valence-corrected chi connectivity index (χ1v) is 20.0. The minimum absolute atomic E-state index is 0.247. The summed E-state index contributed by atoms with van der Waals surface area (Å²) in [5.41, 5.74) is 5.55. The number of fused-ring (bicyclic) bond motifs is 1. The number of hydrogen-bond acceptors (Lipinski definition) is 6. The first kappa shape index (κ1) is 37.9. The van der Waals surface area contributed by atoms with Crippen molar-refractivity contribution in [3.8, 4) is 0 Å². The lowest BCUT2D eigenvalue weighted by atomic mass is 9.89. The Balaban J connectivity index is 1.16. The highest BCUT2D eigenvalue weighted by molar-refractivity contribution is 7.19. The summed E-state index contributed by atoms with van der Waals surface area (Å²) in [4.78, 5) is 1.09. The van der Waals surface area contributed by atoms with Gasteiger partial charge in [0.05, 0.1) is 33.0 Å². The molecular formula is C49H45FO5S. The number of thiophene rings is 1. The Kier molecular flexibility index (Phi) is 12.7. The standard InChI is InChI=1S/C49H45FO5S/c50-43-26-25-40(27-41(43)29-42-28-39-23-13-14-24-45(39)56-42)46-48(53-32-37-19-9-3-10-20-37)49(54-33-38-21-11-4-12-22-38)47(52-31-36-17-7-2-8-18-36)44(55-46)34-51-30-35-15-5-1-6-16-35/h1-28,44,46-49H,29-34H2. The van der Waals surface area contributed by atoms with Crippen LogP contribution < -0.4 is 0 Å². The van der Waals surface area contributed by atoms with Gasteiger partial charge in [-0.25, -0.2) is 4.39 Å². The van der Waals surface area contributed by atoms with E-state index in [4.69, 9.17) is 23.7 Å². The molecule has 0 bridgehead atoms. The Hall–Kier alpha value is -4.99. The zero-order valence-electron chi connectivity index (χ0n) is 31.1. The van der Waals surface area contributed by atoms with Gasteiger partial charge < -0.3 is 23.7 Å². The Bertz CT molecular complexity index is 2220. The van der Waals surface area contributed by atoms with E-state index in [1.54, 1.807) is 17.4 Å². The van der Waals surface area contributed by atoms with E-state index in [9.17, 15) is 0 Å². The average Bonchev–Trinajstić information content (AvgIpc) is 3.66. The van der Waals surface area contributed by atoms with E-state index in [1.165, 1.54) is 4.70 Å². The van der Waals surface area contributed by atoms with E-state index < -0.39 is 30.5 Å². The largest absolute Gasteiger partial charge is 0.374 e. The lowest BCUT2D eigenvalue weighted by molar-refractivity contribution is -0.275. The topological polar surface area (TPSA) is 46.2 Å². The summed E-state index contributed by atoms with van der Waals surface area (Å²) >= 11 is 1.69. The molecule has 8 rings (SSSR count). The molecule has 0 saturated carbocycles. The molecule has 0 N–H and O–H groups in total. The highest BCUT2D eigenvalue weighted by atomic mass is 32.1. The third-order valence-electron chi connectivity index (χ3n) is 10.1.